The van der Waals surface area contributed by atoms with Crippen LogP contribution in [-0.2, 0) is 10.8 Å². The van der Waals surface area contributed by atoms with Gasteiger partial charge in [0.05, 0.1) is 18.0 Å². The average molecular weight is 774 g/mol. The highest BCUT2D eigenvalue weighted by molar-refractivity contribution is 5.76. The van der Waals surface area contributed by atoms with Gasteiger partial charge in [-0.05, 0) is 142 Å². The zero-order valence-corrected chi connectivity index (χ0v) is 33.4. The summed E-state index contributed by atoms with van der Waals surface area (Å²) in [6, 6.07) is 54.2. The Morgan fingerprint density at radius 3 is 1.33 bits per heavy atom. The highest BCUT2D eigenvalue weighted by Crippen LogP contribution is 2.66. The van der Waals surface area contributed by atoms with Crippen LogP contribution in [0, 0.1) is 18.4 Å². The van der Waals surface area contributed by atoms with Crippen LogP contribution in [0.25, 0.3) is 72.1 Å². The first kappa shape index (κ1) is 36.1. The molecule has 0 aliphatic heterocycles. The first-order chi connectivity index (χ1) is 29.5. The molecule has 288 valence electrons. The summed E-state index contributed by atoms with van der Waals surface area (Å²) in [5.41, 5.74) is 15.8. The molecule has 0 amide bonds. The summed E-state index contributed by atoms with van der Waals surface area (Å²) in [7, 11) is 0. The molecule has 8 aromatic rings. The molecule has 5 nitrogen and oxygen atoms in total. The van der Waals surface area contributed by atoms with Crippen molar-refractivity contribution in [2.45, 2.75) is 49.4 Å². The van der Waals surface area contributed by atoms with Crippen LogP contribution in [0.4, 0.5) is 5.69 Å². The summed E-state index contributed by atoms with van der Waals surface area (Å²) in [6.45, 7) is 7.47. The third-order valence-corrected chi connectivity index (χ3v) is 13.7. The summed E-state index contributed by atoms with van der Waals surface area (Å²) >= 11 is 0. The SMILES string of the molecule is [C-]#[N+]c1cccc(-c2ccc(C34CC5CC(C3)CC(c3ccc(-c6nc(-c7ccc(-c8ccncc8)cc7)cc(-c7ccc(-c8ccncc8)cc7)n6)cc3)(C5)C4)cc2)c1. The van der Waals surface area contributed by atoms with Gasteiger partial charge in [-0.15, -0.1) is 0 Å². The van der Waals surface area contributed by atoms with Crippen LogP contribution in [0.3, 0.4) is 0 Å². The van der Waals surface area contributed by atoms with Crippen LogP contribution in [-0.4, -0.2) is 19.9 Å². The number of hydrogen-bond acceptors (Lipinski definition) is 4. The number of aromatic nitrogens is 4. The molecule has 2 atom stereocenters. The maximum Gasteiger partial charge on any atom is 0.187 e. The Bertz CT molecular complexity index is 2750. The molecule has 4 bridgehead atoms. The third kappa shape index (κ3) is 6.59. The zero-order chi connectivity index (χ0) is 40.1. The number of rotatable bonds is 8. The molecule has 0 saturated heterocycles. The Kier molecular flexibility index (Phi) is 8.82. The van der Waals surface area contributed by atoms with Gasteiger partial charge in [0.25, 0.3) is 0 Å². The Morgan fingerprint density at radius 2 is 0.850 bits per heavy atom. The van der Waals surface area contributed by atoms with E-state index in [4.69, 9.17) is 16.5 Å². The lowest BCUT2D eigenvalue weighted by Crippen LogP contribution is -2.55. The molecule has 5 aromatic carbocycles. The highest BCUT2D eigenvalue weighted by Gasteiger charge is 2.58. The number of pyridine rings is 2. The summed E-state index contributed by atoms with van der Waals surface area (Å²) < 4.78 is 0. The lowest BCUT2D eigenvalue weighted by molar-refractivity contribution is -0.0281. The molecule has 12 rings (SSSR count). The zero-order valence-electron chi connectivity index (χ0n) is 33.4. The maximum absolute atomic E-state index is 7.47. The minimum absolute atomic E-state index is 0.173. The fourth-order valence-electron chi connectivity index (χ4n) is 11.3. The molecule has 4 saturated carbocycles. The van der Waals surface area contributed by atoms with E-state index < -0.39 is 0 Å². The first-order valence-electron chi connectivity index (χ1n) is 21.1. The van der Waals surface area contributed by atoms with E-state index in [1.54, 1.807) is 0 Å². The second-order valence-corrected chi connectivity index (χ2v) is 17.4. The van der Waals surface area contributed by atoms with E-state index in [-0.39, 0.29) is 10.8 Å². The van der Waals surface area contributed by atoms with Crippen molar-refractivity contribution in [3.8, 4) is 67.3 Å². The summed E-state index contributed by atoms with van der Waals surface area (Å²) in [4.78, 5) is 22.5. The van der Waals surface area contributed by atoms with Gasteiger partial charge < -0.3 is 0 Å². The van der Waals surface area contributed by atoms with Gasteiger partial charge in [0.2, 0.25) is 0 Å². The standard InChI is InChI=1S/C55H43N5/c1-56-50-4-2-3-47(30-50)41-13-17-48(18-14-41)54-32-37-29-38(33-54)35-55(34-37,36-54)49-19-15-46(16-20-49)53-59-51(44-9-5-39(6-10-44)42-21-25-57-26-22-42)31-52(60-53)45-11-7-40(8-12-45)43-23-27-58-28-24-43/h2-28,30-31,37-38H,29,32-36H2. The van der Waals surface area contributed by atoms with E-state index in [1.165, 1.54) is 55.2 Å². The Balaban J connectivity index is 0.921. The highest BCUT2D eigenvalue weighted by atomic mass is 14.9. The summed E-state index contributed by atoms with van der Waals surface area (Å²) in [5, 5.41) is 0. The number of benzene rings is 5. The van der Waals surface area contributed by atoms with Gasteiger partial charge in [0.1, 0.15) is 0 Å². The minimum atomic E-state index is 0.173. The van der Waals surface area contributed by atoms with Crippen molar-refractivity contribution >= 4 is 5.69 Å². The Labute approximate surface area is 351 Å². The fourth-order valence-corrected chi connectivity index (χ4v) is 11.3. The first-order valence-corrected chi connectivity index (χ1v) is 21.1. The average Bonchev–Trinajstić information content (AvgIpc) is 3.32. The van der Waals surface area contributed by atoms with Crippen molar-refractivity contribution in [1.29, 1.82) is 0 Å². The van der Waals surface area contributed by atoms with Crippen LogP contribution in [0.15, 0.2) is 176 Å². The molecule has 4 fully saturated rings. The van der Waals surface area contributed by atoms with E-state index in [1.807, 2.05) is 67.3 Å². The molecule has 5 heteroatoms. The van der Waals surface area contributed by atoms with Crippen LogP contribution < -0.4 is 0 Å². The number of hydrogen-bond donors (Lipinski definition) is 0. The van der Waals surface area contributed by atoms with E-state index in [0.29, 0.717) is 5.69 Å². The van der Waals surface area contributed by atoms with Gasteiger partial charge in [-0.1, -0.05) is 115 Å². The molecular formula is C55H43N5. The molecule has 0 spiro atoms. The molecule has 60 heavy (non-hydrogen) atoms. The van der Waals surface area contributed by atoms with Gasteiger partial charge in [0, 0.05) is 41.5 Å². The molecule has 0 radical (unpaired) electrons. The molecule has 4 aliphatic carbocycles. The predicted octanol–water partition coefficient (Wildman–Crippen LogP) is 13.6. The maximum atomic E-state index is 7.47. The minimum Gasteiger partial charge on any atom is -0.265 e. The topological polar surface area (TPSA) is 55.9 Å². The van der Waals surface area contributed by atoms with Gasteiger partial charge in [-0.3, -0.25) is 9.97 Å². The van der Waals surface area contributed by atoms with Gasteiger partial charge in [-0.25, -0.2) is 14.8 Å². The van der Waals surface area contributed by atoms with Gasteiger partial charge in [0.15, 0.2) is 11.5 Å². The smallest absolute Gasteiger partial charge is 0.187 e. The van der Waals surface area contributed by atoms with Gasteiger partial charge in [-0.2, -0.15) is 0 Å². The second-order valence-electron chi connectivity index (χ2n) is 17.4. The summed E-state index contributed by atoms with van der Waals surface area (Å²) in [5.74, 6) is 2.23. The third-order valence-electron chi connectivity index (χ3n) is 13.7. The summed E-state index contributed by atoms with van der Waals surface area (Å²) in [6.07, 6.45) is 15.0. The molecule has 2 unspecified atom stereocenters. The van der Waals surface area contributed by atoms with E-state index >= 15 is 0 Å². The molecule has 4 aliphatic rings. The van der Waals surface area contributed by atoms with Crippen molar-refractivity contribution < 1.29 is 0 Å². The largest absolute Gasteiger partial charge is 0.265 e. The van der Waals surface area contributed by atoms with E-state index in [2.05, 4.69) is 124 Å². The fraction of sp³-hybridized carbons (Fsp3) is 0.182. The quantitative estimate of drug-likeness (QED) is 0.144. The molecule has 0 N–H and O–H groups in total. The molecule has 3 aromatic heterocycles. The number of nitrogens with zero attached hydrogens (tertiary/aromatic N) is 5. The van der Waals surface area contributed by atoms with Crippen molar-refractivity contribution in [2.75, 3.05) is 0 Å². The monoisotopic (exact) mass is 773 g/mol. The lowest BCUT2D eigenvalue weighted by Gasteiger charge is -2.63. The molecule has 3 heterocycles. The Morgan fingerprint density at radius 1 is 0.433 bits per heavy atom. The van der Waals surface area contributed by atoms with Crippen molar-refractivity contribution in [1.82, 2.24) is 19.9 Å². The predicted molar refractivity (Wildman–Crippen MR) is 241 cm³/mol. The van der Waals surface area contributed by atoms with Crippen molar-refractivity contribution in [3.05, 3.63) is 199 Å². The Hall–Kier alpha value is -7.03. The lowest BCUT2D eigenvalue weighted by atomic mass is 9.41. The van der Waals surface area contributed by atoms with E-state index in [9.17, 15) is 0 Å². The van der Waals surface area contributed by atoms with Crippen LogP contribution in [0.5, 0.6) is 0 Å². The van der Waals surface area contributed by atoms with Crippen LogP contribution in [0.1, 0.15) is 49.7 Å². The normalized spacial score (nSPS) is 21.4. The van der Waals surface area contributed by atoms with Crippen LogP contribution >= 0.6 is 0 Å². The van der Waals surface area contributed by atoms with Gasteiger partial charge >= 0.3 is 0 Å². The molecular weight excluding hydrogens is 731 g/mol. The van der Waals surface area contributed by atoms with Crippen LogP contribution in [0.2, 0.25) is 0 Å². The van der Waals surface area contributed by atoms with Crippen molar-refractivity contribution in [3.63, 3.8) is 0 Å². The second kappa shape index (κ2) is 14.7. The van der Waals surface area contributed by atoms with E-state index in [0.717, 1.165) is 73.6 Å². The van der Waals surface area contributed by atoms with Crippen molar-refractivity contribution in [2.24, 2.45) is 11.8 Å².